The van der Waals surface area contributed by atoms with Crippen LogP contribution in [0.25, 0.3) is 0 Å². The van der Waals surface area contributed by atoms with Crippen molar-refractivity contribution in [3.05, 3.63) is 0 Å². The van der Waals surface area contributed by atoms with E-state index in [0.29, 0.717) is 6.61 Å². The van der Waals surface area contributed by atoms with Gasteiger partial charge in [0.25, 0.3) is 3.79 Å². The topological polar surface area (TPSA) is 49.3 Å². The Bertz CT molecular complexity index is 437. The number of hydrogen-bond donors (Lipinski definition) is 0. The molecule has 0 spiro atoms. The van der Waals surface area contributed by atoms with Crippen molar-refractivity contribution in [2.24, 2.45) is 10.9 Å². The molecule has 2 fully saturated rings. The Labute approximate surface area is 132 Å². The Morgan fingerprint density at radius 3 is 2.65 bits per heavy atom. The maximum absolute atomic E-state index is 5.95. The molecule has 2 unspecified atom stereocenters. The van der Waals surface area contributed by atoms with Crippen molar-refractivity contribution in [3.8, 4) is 0 Å². The third-order valence-electron chi connectivity index (χ3n) is 3.76. The number of aliphatic imine (C=N–C) groups is 1. The molecule has 20 heavy (non-hydrogen) atoms. The molecule has 0 aliphatic carbocycles. The zero-order valence-electron chi connectivity index (χ0n) is 11.3. The Balaban J connectivity index is 1.81. The summed E-state index contributed by atoms with van der Waals surface area (Å²) in [5.74, 6) is -0.484. The molecule has 3 aliphatic heterocycles. The third-order valence-corrected chi connectivity index (χ3v) is 4.25. The fourth-order valence-corrected chi connectivity index (χ4v) is 3.04. The van der Waals surface area contributed by atoms with E-state index in [9.17, 15) is 0 Å². The van der Waals surface area contributed by atoms with E-state index in [1.54, 1.807) is 0 Å². The van der Waals surface area contributed by atoms with E-state index in [1.807, 2.05) is 20.8 Å². The van der Waals surface area contributed by atoms with E-state index >= 15 is 0 Å². The second-order valence-electron chi connectivity index (χ2n) is 5.74. The van der Waals surface area contributed by atoms with Gasteiger partial charge in [-0.2, -0.15) is 0 Å². The van der Waals surface area contributed by atoms with Crippen LogP contribution in [-0.2, 0) is 18.9 Å². The molecule has 3 rings (SSSR count). The lowest BCUT2D eigenvalue weighted by Gasteiger charge is -2.48. The van der Waals surface area contributed by atoms with Crippen LogP contribution in [-0.4, -0.2) is 46.6 Å². The summed E-state index contributed by atoms with van der Waals surface area (Å²) in [6, 6.07) is -0.240. The summed E-state index contributed by atoms with van der Waals surface area (Å²) in [5.41, 5.74) is 0. The quantitative estimate of drug-likeness (QED) is 0.634. The minimum atomic E-state index is -1.68. The highest BCUT2D eigenvalue weighted by Crippen LogP contribution is 2.42. The number of ether oxygens (including phenoxy) is 4. The van der Waals surface area contributed by atoms with Crippen molar-refractivity contribution in [1.82, 2.24) is 0 Å². The average molecular weight is 345 g/mol. The fraction of sp³-hybridized carbons (Fsp3) is 0.917. The molecule has 0 N–H and O–H groups in total. The van der Waals surface area contributed by atoms with Crippen molar-refractivity contribution in [1.29, 1.82) is 0 Å². The van der Waals surface area contributed by atoms with E-state index in [0.717, 1.165) is 0 Å². The third kappa shape index (κ3) is 2.64. The van der Waals surface area contributed by atoms with Crippen LogP contribution in [0, 0.1) is 5.92 Å². The number of fused-ring (bicyclic) bond motifs is 2. The number of alkyl halides is 3. The van der Waals surface area contributed by atoms with E-state index in [4.69, 9.17) is 53.8 Å². The molecule has 5 nitrogen and oxygen atoms in total. The SMILES string of the molecule is C[C@@H]1C2N=C(C(Cl)(Cl)Cl)O[C@H]2OC2COC(C)(C)O[C@H]21. The van der Waals surface area contributed by atoms with Crippen LogP contribution in [0.4, 0.5) is 0 Å². The molecule has 2 saturated heterocycles. The van der Waals surface area contributed by atoms with Crippen LogP contribution in [0.2, 0.25) is 0 Å². The van der Waals surface area contributed by atoms with Crippen LogP contribution in [0.3, 0.4) is 0 Å². The standard InChI is InChI=1S/C12H16Cl3NO4/c1-5-7-9(19-10(16-7)12(13,14)15)18-6-4-17-11(2,3)20-8(5)6/h5-9H,4H2,1-3H3/t5-,6?,7?,8+,9-/m1/s1. The van der Waals surface area contributed by atoms with Gasteiger partial charge in [0.2, 0.25) is 12.2 Å². The van der Waals surface area contributed by atoms with Crippen LogP contribution in [0.1, 0.15) is 20.8 Å². The molecule has 114 valence electrons. The fourth-order valence-electron chi connectivity index (χ4n) is 2.76. The van der Waals surface area contributed by atoms with Gasteiger partial charge in [-0.15, -0.1) is 0 Å². The number of hydrogen-bond acceptors (Lipinski definition) is 5. The minimum Gasteiger partial charge on any atom is -0.446 e. The Morgan fingerprint density at radius 1 is 1.30 bits per heavy atom. The summed E-state index contributed by atoms with van der Waals surface area (Å²) < 4.78 is 21.2. The van der Waals surface area contributed by atoms with Gasteiger partial charge in [0.15, 0.2) is 5.79 Å². The number of nitrogens with zero attached hydrogens (tertiary/aromatic N) is 1. The Kier molecular flexibility index (Phi) is 3.68. The lowest BCUT2D eigenvalue weighted by atomic mass is 9.88. The van der Waals surface area contributed by atoms with Gasteiger partial charge in [-0.05, 0) is 13.8 Å². The van der Waals surface area contributed by atoms with E-state index in [-0.39, 0.29) is 30.1 Å². The highest BCUT2D eigenvalue weighted by molar-refractivity contribution is 6.76. The summed E-state index contributed by atoms with van der Waals surface area (Å²) in [5, 5.41) is 0. The molecule has 0 saturated carbocycles. The smallest absolute Gasteiger partial charge is 0.266 e. The van der Waals surface area contributed by atoms with Crippen molar-refractivity contribution in [3.63, 3.8) is 0 Å². The van der Waals surface area contributed by atoms with Crippen LogP contribution in [0.15, 0.2) is 4.99 Å². The summed E-state index contributed by atoms with van der Waals surface area (Å²) in [4.78, 5) is 4.35. The first-order valence-corrected chi connectivity index (χ1v) is 7.60. The molecule has 5 atom stereocenters. The predicted molar refractivity (Wildman–Crippen MR) is 75.3 cm³/mol. The van der Waals surface area contributed by atoms with Gasteiger partial charge in [-0.25, -0.2) is 4.99 Å². The van der Waals surface area contributed by atoms with Gasteiger partial charge >= 0.3 is 0 Å². The van der Waals surface area contributed by atoms with E-state index < -0.39 is 15.9 Å². The van der Waals surface area contributed by atoms with Crippen molar-refractivity contribution < 1.29 is 18.9 Å². The summed E-state index contributed by atoms with van der Waals surface area (Å²) in [7, 11) is 0. The molecule has 0 aromatic rings. The van der Waals surface area contributed by atoms with Gasteiger partial charge in [0.05, 0.1) is 12.7 Å². The predicted octanol–water partition coefficient (Wildman–Crippen LogP) is 2.67. The Morgan fingerprint density at radius 2 is 2.00 bits per heavy atom. The monoisotopic (exact) mass is 343 g/mol. The summed E-state index contributed by atoms with van der Waals surface area (Å²) in [6.07, 6.45) is -0.878. The molecule has 0 amide bonds. The van der Waals surface area contributed by atoms with Crippen LogP contribution >= 0.6 is 34.8 Å². The normalized spacial score (nSPS) is 43.3. The van der Waals surface area contributed by atoms with Gasteiger partial charge in [-0.3, -0.25) is 0 Å². The van der Waals surface area contributed by atoms with Crippen LogP contribution in [0.5, 0.6) is 0 Å². The second-order valence-corrected chi connectivity index (χ2v) is 8.02. The average Bonchev–Trinajstić information content (AvgIpc) is 2.74. The first-order chi connectivity index (χ1) is 9.17. The van der Waals surface area contributed by atoms with Crippen molar-refractivity contribution in [2.45, 2.75) is 54.9 Å². The lowest BCUT2D eigenvalue weighted by molar-refractivity contribution is -0.351. The zero-order chi connectivity index (χ0) is 14.7. The minimum absolute atomic E-state index is 0.0724. The summed E-state index contributed by atoms with van der Waals surface area (Å²) >= 11 is 17.4. The molecule has 0 bridgehead atoms. The van der Waals surface area contributed by atoms with Crippen LogP contribution < -0.4 is 0 Å². The molecule has 3 aliphatic rings. The first kappa shape index (κ1) is 15.1. The molecule has 3 heterocycles. The molecule has 0 aromatic carbocycles. The molecule has 0 aromatic heterocycles. The molecular formula is C12H16Cl3NO4. The maximum Gasteiger partial charge on any atom is 0.266 e. The molecule has 0 radical (unpaired) electrons. The number of halogens is 3. The van der Waals surface area contributed by atoms with Gasteiger partial charge in [0, 0.05) is 5.92 Å². The second kappa shape index (κ2) is 4.86. The Hall–Kier alpha value is 0.220. The van der Waals surface area contributed by atoms with Gasteiger partial charge < -0.3 is 18.9 Å². The maximum atomic E-state index is 5.95. The number of rotatable bonds is 0. The van der Waals surface area contributed by atoms with E-state index in [2.05, 4.69) is 4.99 Å². The highest BCUT2D eigenvalue weighted by atomic mass is 35.6. The summed E-state index contributed by atoms with van der Waals surface area (Å²) in [6.45, 7) is 6.23. The van der Waals surface area contributed by atoms with Gasteiger partial charge in [0.1, 0.15) is 12.1 Å². The zero-order valence-corrected chi connectivity index (χ0v) is 13.6. The molecular weight excluding hydrogens is 328 g/mol. The first-order valence-electron chi connectivity index (χ1n) is 6.46. The van der Waals surface area contributed by atoms with E-state index in [1.165, 1.54) is 0 Å². The molecule has 8 heteroatoms. The van der Waals surface area contributed by atoms with Crippen molar-refractivity contribution in [2.75, 3.05) is 6.61 Å². The van der Waals surface area contributed by atoms with Crippen molar-refractivity contribution >= 4 is 40.7 Å². The van der Waals surface area contributed by atoms with Gasteiger partial charge in [-0.1, -0.05) is 41.7 Å². The highest BCUT2D eigenvalue weighted by Gasteiger charge is 2.54. The largest absolute Gasteiger partial charge is 0.446 e. The lowest BCUT2D eigenvalue weighted by Crippen LogP contribution is -2.60.